The summed E-state index contributed by atoms with van der Waals surface area (Å²) in [6.45, 7) is 16.2. The van der Waals surface area contributed by atoms with Gasteiger partial charge in [0.1, 0.15) is 11.4 Å². The van der Waals surface area contributed by atoms with Crippen LogP contribution in [0.4, 0.5) is 10.6 Å². The highest BCUT2D eigenvalue weighted by atomic mass is 16.6. The fraction of sp³-hybridized carbons (Fsp3) is 0.750. The van der Waals surface area contributed by atoms with E-state index in [4.69, 9.17) is 4.74 Å². The van der Waals surface area contributed by atoms with E-state index in [1.807, 2.05) is 40.8 Å². The average Bonchev–Trinajstić information content (AvgIpc) is 2.84. The van der Waals surface area contributed by atoms with Gasteiger partial charge in [0.15, 0.2) is 0 Å². The van der Waals surface area contributed by atoms with E-state index in [-0.39, 0.29) is 18.6 Å². The Labute approximate surface area is 220 Å². The molecule has 0 unspecified atom stereocenters. The lowest BCUT2D eigenvalue weighted by Crippen LogP contribution is -2.38. The van der Waals surface area contributed by atoms with E-state index in [1.165, 1.54) is 43.3 Å². The van der Waals surface area contributed by atoms with Crippen LogP contribution in [0.1, 0.15) is 72.8 Å². The molecule has 1 aliphatic rings. The van der Waals surface area contributed by atoms with Gasteiger partial charge in [-0.3, -0.25) is 4.79 Å². The number of methoxy groups -OCH3 is 1. The summed E-state index contributed by atoms with van der Waals surface area (Å²) in [5.74, 6) is 2.58. The predicted octanol–water partition coefficient (Wildman–Crippen LogP) is 5.29. The molecule has 0 atom stereocenters. The Kier molecular flexibility index (Phi) is 16.8. The number of amides is 1. The fourth-order valence-corrected chi connectivity index (χ4v) is 3.62. The zero-order valence-corrected chi connectivity index (χ0v) is 24.5. The van der Waals surface area contributed by atoms with Gasteiger partial charge in [0.05, 0.1) is 13.7 Å². The third kappa shape index (κ3) is 15.6. The molecule has 0 saturated heterocycles. The summed E-state index contributed by atoms with van der Waals surface area (Å²) in [6.07, 6.45) is 7.15. The first-order valence-electron chi connectivity index (χ1n) is 13.3. The van der Waals surface area contributed by atoms with Crippen molar-refractivity contribution in [3.05, 3.63) is 23.9 Å². The smallest absolute Gasteiger partial charge is 0.410 e. The number of hydrogen-bond acceptors (Lipinski definition) is 7. The number of pyridine rings is 1. The third-order valence-electron chi connectivity index (χ3n) is 5.78. The van der Waals surface area contributed by atoms with Crippen LogP contribution in [0, 0.1) is 18.8 Å². The zero-order chi connectivity index (χ0) is 27.7. The summed E-state index contributed by atoms with van der Waals surface area (Å²) < 4.78 is 9.63. The molecule has 208 valence electrons. The topological polar surface area (TPSA) is 84.0 Å². The molecule has 36 heavy (non-hydrogen) atoms. The van der Waals surface area contributed by atoms with Gasteiger partial charge in [-0.2, -0.15) is 0 Å². The lowest BCUT2D eigenvalue weighted by atomic mass is 9.83. The molecule has 2 rings (SSSR count). The van der Waals surface area contributed by atoms with Gasteiger partial charge in [0.2, 0.25) is 0 Å². The molecule has 1 amide bonds. The second kappa shape index (κ2) is 18.0. The summed E-state index contributed by atoms with van der Waals surface area (Å²) in [7, 11) is 5.14. The van der Waals surface area contributed by atoms with E-state index in [1.54, 1.807) is 7.05 Å². The molecule has 1 N–H and O–H groups in total. The first kappa shape index (κ1) is 33.7. The zero-order valence-electron chi connectivity index (χ0n) is 24.5. The second-order valence-electron chi connectivity index (χ2n) is 10.4. The van der Waals surface area contributed by atoms with Gasteiger partial charge < -0.3 is 24.6 Å². The summed E-state index contributed by atoms with van der Waals surface area (Å²) in [5, 5.41) is 2.86. The monoisotopic (exact) mass is 508 g/mol. The molecule has 1 fully saturated rings. The summed E-state index contributed by atoms with van der Waals surface area (Å²) in [4.78, 5) is 30.6. The number of hydrogen-bond donors (Lipinski definition) is 1. The van der Waals surface area contributed by atoms with Crippen molar-refractivity contribution in [1.29, 1.82) is 0 Å². The van der Waals surface area contributed by atoms with Crippen molar-refractivity contribution >= 4 is 17.9 Å². The number of carbonyl (C=O) groups excluding carboxylic acids is 2. The van der Waals surface area contributed by atoms with E-state index in [0.717, 1.165) is 24.2 Å². The highest BCUT2D eigenvalue weighted by molar-refractivity contribution is 5.71. The van der Waals surface area contributed by atoms with Gasteiger partial charge in [0.25, 0.3) is 0 Å². The molecule has 0 aliphatic heterocycles. The fourth-order valence-electron chi connectivity index (χ4n) is 3.62. The molecule has 1 aliphatic carbocycles. The number of esters is 1. The highest BCUT2D eigenvalue weighted by Crippen LogP contribution is 2.29. The quantitative estimate of drug-likeness (QED) is 0.377. The van der Waals surface area contributed by atoms with Crippen molar-refractivity contribution in [2.45, 2.75) is 79.8 Å². The maximum absolute atomic E-state index is 11.5. The Morgan fingerprint density at radius 1 is 1.11 bits per heavy atom. The molecule has 8 heteroatoms. The van der Waals surface area contributed by atoms with E-state index < -0.39 is 5.60 Å². The normalized spacial score (nSPS) is 16.9. The molecule has 0 aromatic carbocycles. The lowest BCUT2D eigenvalue weighted by Gasteiger charge is -2.30. The summed E-state index contributed by atoms with van der Waals surface area (Å²) in [6, 6.07) is 4.27. The van der Waals surface area contributed by atoms with Crippen molar-refractivity contribution in [2.24, 2.45) is 11.8 Å². The van der Waals surface area contributed by atoms with E-state index in [0.29, 0.717) is 13.1 Å². The molecule has 0 spiro atoms. The molecule has 0 radical (unpaired) electrons. The van der Waals surface area contributed by atoms with Gasteiger partial charge in [-0.25, -0.2) is 9.78 Å². The van der Waals surface area contributed by atoms with E-state index in [2.05, 4.69) is 53.0 Å². The number of likely N-dealkylation sites (N-methyl/N-ethyl adjacent to an activating group) is 1. The summed E-state index contributed by atoms with van der Waals surface area (Å²) >= 11 is 0. The van der Waals surface area contributed by atoms with Crippen LogP contribution in [0.5, 0.6) is 0 Å². The van der Waals surface area contributed by atoms with Crippen LogP contribution >= 0.6 is 0 Å². The number of aromatic nitrogens is 1. The molecular weight excluding hydrogens is 456 g/mol. The molecular formula is C28H52N4O4. The minimum Gasteiger partial charge on any atom is -0.468 e. The lowest BCUT2D eigenvalue weighted by molar-refractivity contribution is -0.139. The van der Waals surface area contributed by atoms with Crippen molar-refractivity contribution in [2.75, 3.05) is 52.3 Å². The van der Waals surface area contributed by atoms with Crippen LogP contribution in [0.2, 0.25) is 0 Å². The molecule has 1 saturated carbocycles. The number of ether oxygens (including phenoxy) is 2. The van der Waals surface area contributed by atoms with Crippen LogP contribution in [-0.4, -0.2) is 74.9 Å². The number of nitrogens with zero attached hydrogens (tertiary/aromatic N) is 3. The van der Waals surface area contributed by atoms with Crippen LogP contribution in [-0.2, 0) is 14.3 Å². The number of nitrogens with one attached hydrogen (secondary N) is 1. The molecule has 1 heterocycles. The number of rotatable bonds is 8. The second-order valence-corrected chi connectivity index (χ2v) is 10.4. The van der Waals surface area contributed by atoms with Crippen molar-refractivity contribution in [3.8, 4) is 0 Å². The standard InChI is InChI=1S/C15H24N2.C11H22N2O4.C2H6/c1-12-4-7-14(8-5-12)11-17(3)15-9-6-13(2)10-16-15;1-11(2,3)17-10(15)13(4)7-6-12-8-9(14)16-5;1-2/h6,9-10,12,14H,4-5,7-8,11H2,1-3H3;12H,6-8H2,1-5H3;1-2H3. The average molecular weight is 509 g/mol. The number of aryl methyl sites for hydroxylation is 1. The van der Waals surface area contributed by atoms with Crippen LogP contribution in [0.15, 0.2) is 18.3 Å². The van der Waals surface area contributed by atoms with Crippen molar-refractivity contribution in [3.63, 3.8) is 0 Å². The van der Waals surface area contributed by atoms with Gasteiger partial charge in [-0.1, -0.05) is 39.7 Å². The summed E-state index contributed by atoms with van der Waals surface area (Å²) in [5.41, 5.74) is 0.735. The van der Waals surface area contributed by atoms with Crippen molar-refractivity contribution in [1.82, 2.24) is 15.2 Å². The highest BCUT2D eigenvalue weighted by Gasteiger charge is 2.20. The Bertz CT molecular complexity index is 726. The molecule has 1 aromatic heterocycles. The molecule has 0 bridgehead atoms. The Balaban J connectivity index is 0.000000637. The number of carbonyl (C=O) groups is 2. The SMILES string of the molecule is CC.COC(=O)CNCCN(C)C(=O)OC(C)(C)C.Cc1ccc(N(C)CC2CCC(C)CC2)nc1. The first-order valence-corrected chi connectivity index (χ1v) is 13.3. The minimum absolute atomic E-state index is 0.138. The van der Waals surface area contributed by atoms with Crippen LogP contribution in [0.3, 0.4) is 0 Å². The van der Waals surface area contributed by atoms with Gasteiger partial charge in [-0.15, -0.1) is 0 Å². The maximum Gasteiger partial charge on any atom is 0.410 e. The van der Waals surface area contributed by atoms with Gasteiger partial charge in [-0.05, 0) is 64.0 Å². The maximum atomic E-state index is 11.5. The van der Waals surface area contributed by atoms with Crippen LogP contribution < -0.4 is 10.2 Å². The molecule has 1 aromatic rings. The Morgan fingerprint density at radius 2 is 1.72 bits per heavy atom. The molecule has 8 nitrogen and oxygen atoms in total. The van der Waals surface area contributed by atoms with E-state index >= 15 is 0 Å². The minimum atomic E-state index is -0.495. The first-order chi connectivity index (χ1) is 16.9. The largest absolute Gasteiger partial charge is 0.468 e. The Morgan fingerprint density at radius 3 is 2.22 bits per heavy atom. The van der Waals surface area contributed by atoms with E-state index in [9.17, 15) is 9.59 Å². The van der Waals surface area contributed by atoms with Gasteiger partial charge in [0, 0.05) is 39.9 Å². The van der Waals surface area contributed by atoms with Gasteiger partial charge >= 0.3 is 12.1 Å². The van der Waals surface area contributed by atoms with Crippen molar-refractivity contribution < 1.29 is 19.1 Å². The number of anilines is 1. The van der Waals surface area contributed by atoms with Crippen LogP contribution in [0.25, 0.3) is 0 Å². The third-order valence-corrected chi connectivity index (χ3v) is 5.78. The Hall–Kier alpha value is -2.35. The predicted molar refractivity (Wildman–Crippen MR) is 148 cm³/mol.